The van der Waals surface area contributed by atoms with E-state index in [0.29, 0.717) is 12.8 Å². The molecule has 0 rings (SSSR count). The summed E-state index contributed by atoms with van der Waals surface area (Å²) in [6.45, 7) is 12.0. The van der Waals surface area contributed by atoms with Gasteiger partial charge in [-0.1, -0.05) is 143 Å². The molecule has 5 nitrogen and oxygen atoms in total. The first kappa shape index (κ1) is 44.1. The zero-order valence-electron chi connectivity index (χ0n) is 31.1. The Labute approximate surface area is 285 Å². The van der Waals surface area contributed by atoms with Crippen LogP contribution in [-0.2, 0) is 19.1 Å². The molecular weight excluding hydrogens is 572 g/mol. The monoisotopic (exact) mass is 647 g/mol. The molecule has 0 spiro atoms. The van der Waals surface area contributed by atoms with Gasteiger partial charge in [0, 0.05) is 12.8 Å². The van der Waals surface area contributed by atoms with E-state index >= 15 is 0 Å². The average molecular weight is 647 g/mol. The fraction of sp³-hybridized carbons (Fsp3) is 0.829. The van der Waals surface area contributed by atoms with Crippen molar-refractivity contribution in [3.8, 4) is 0 Å². The highest BCUT2D eigenvalue weighted by Gasteiger charge is 2.31. The van der Waals surface area contributed by atoms with Crippen molar-refractivity contribution in [2.75, 3.05) is 0 Å². The first-order chi connectivity index (χ1) is 22.2. The van der Waals surface area contributed by atoms with Gasteiger partial charge in [-0.15, -0.1) is 0 Å². The molecule has 2 unspecified atom stereocenters. The van der Waals surface area contributed by atoms with E-state index < -0.39 is 18.4 Å². The maximum Gasteiger partial charge on any atom is 0.509 e. The number of ether oxygens (including phenoxy) is 2. The second kappa shape index (κ2) is 31.7. The Balaban J connectivity index is 4.24. The molecule has 0 amide bonds. The van der Waals surface area contributed by atoms with Gasteiger partial charge in [-0.3, -0.25) is 9.59 Å². The normalized spacial score (nSPS) is 13.2. The lowest BCUT2D eigenvalue weighted by Crippen LogP contribution is -2.37. The van der Waals surface area contributed by atoms with Crippen LogP contribution in [0.2, 0.25) is 0 Å². The van der Waals surface area contributed by atoms with E-state index in [2.05, 4.69) is 38.2 Å². The third-order valence-electron chi connectivity index (χ3n) is 8.66. The molecule has 46 heavy (non-hydrogen) atoms. The van der Waals surface area contributed by atoms with Crippen LogP contribution in [0.3, 0.4) is 0 Å². The van der Waals surface area contributed by atoms with Gasteiger partial charge in [0.1, 0.15) is 0 Å². The Bertz CT molecular complexity index is 733. The van der Waals surface area contributed by atoms with Crippen molar-refractivity contribution >= 4 is 17.7 Å². The van der Waals surface area contributed by atoms with Crippen LogP contribution in [0, 0.1) is 11.8 Å². The number of hydrogen-bond donors (Lipinski definition) is 0. The molecule has 0 bridgehead atoms. The van der Waals surface area contributed by atoms with Gasteiger partial charge in [-0.2, -0.15) is 0 Å². The SMILES string of the molecule is CCCCCC/C=C\CCCCCCCC(=O)C(OC(=O)OC(C(=O)CCCCCCC/C=C\CCCCCC)C(C)C)C(C)C. The van der Waals surface area contributed by atoms with Crippen LogP contribution in [0.1, 0.15) is 196 Å². The van der Waals surface area contributed by atoms with Crippen LogP contribution >= 0.6 is 0 Å². The minimum Gasteiger partial charge on any atom is -0.423 e. The van der Waals surface area contributed by atoms with Crippen LogP contribution in [0.25, 0.3) is 0 Å². The van der Waals surface area contributed by atoms with E-state index in [9.17, 15) is 14.4 Å². The molecule has 2 atom stereocenters. The predicted octanol–water partition coefficient (Wildman–Crippen LogP) is 12.8. The number of unbranched alkanes of at least 4 members (excludes halogenated alkanes) is 18. The lowest BCUT2D eigenvalue weighted by Gasteiger charge is -2.24. The van der Waals surface area contributed by atoms with Crippen molar-refractivity contribution in [2.45, 2.75) is 208 Å². The molecular formula is C41H74O5. The first-order valence-corrected chi connectivity index (χ1v) is 19.5. The Hall–Kier alpha value is -1.91. The number of allylic oxidation sites excluding steroid dienone is 4. The third-order valence-corrected chi connectivity index (χ3v) is 8.66. The summed E-state index contributed by atoms with van der Waals surface area (Å²) in [5.41, 5.74) is 0. The van der Waals surface area contributed by atoms with E-state index in [1.807, 2.05) is 27.7 Å². The summed E-state index contributed by atoms with van der Waals surface area (Å²) < 4.78 is 11.0. The van der Waals surface area contributed by atoms with Gasteiger partial charge in [0.2, 0.25) is 0 Å². The first-order valence-electron chi connectivity index (χ1n) is 19.5. The Kier molecular flexibility index (Phi) is 30.4. The van der Waals surface area contributed by atoms with Gasteiger partial charge in [0.25, 0.3) is 0 Å². The lowest BCUT2D eigenvalue weighted by atomic mass is 9.98. The summed E-state index contributed by atoms with van der Waals surface area (Å²) in [5, 5.41) is 0. The van der Waals surface area contributed by atoms with Gasteiger partial charge in [0.05, 0.1) is 0 Å². The zero-order valence-corrected chi connectivity index (χ0v) is 31.1. The van der Waals surface area contributed by atoms with Crippen molar-refractivity contribution in [2.24, 2.45) is 11.8 Å². The molecule has 0 saturated carbocycles. The minimum absolute atomic E-state index is 0.0622. The lowest BCUT2D eigenvalue weighted by molar-refractivity contribution is -0.136. The van der Waals surface area contributed by atoms with Crippen LogP contribution in [0.15, 0.2) is 24.3 Å². The smallest absolute Gasteiger partial charge is 0.423 e. The summed E-state index contributed by atoms with van der Waals surface area (Å²) in [7, 11) is 0. The predicted molar refractivity (Wildman–Crippen MR) is 195 cm³/mol. The standard InChI is InChI=1S/C41H74O5/c1-7-9-11-13-15-17-19-21-23-25-27-29-31-33-37(42)39(35(3)4)45-41(44)46-40(36(5)6)38(43)34-32-30-28-26-24-22-20-18-16-14-12-10-8-2/h17-20,35-36,39-40H,7-16,21-34H2,1-6H3/b19-17-,20-18-. The highest BCUT2D eigenvalue weighted by atomic mass is 16.7. The largest absolute Gasteiger partial charge is 0.509 e. The second-order valence-electron chi connectivity index (χ2n) is 14.0. The molecule has 0 aliphatic rings. The molecule has 268 valence electrons. The third kappa shape index (κ3) is 26.2. The molecule has 0 saturated heterocycles. The number of carbonyl (C=O) groups excluding carboxylic acids is 3. The van der Waals surface area contributed by atoms with Crippen molar-refractivity contribution in [3.63, 3.8) is 0 Å². The van der Waals surface area contributed by atoms with Crippen LogP contribution < -0.4 is 0 Å². The van der Waals surface area contributed by atoms with Crippen molar-refractivity contribution in [1.82, 2.24) is 0 Å². The molecule has 0 heterocycles. The Morgan fingerprint density at radius 1 is 0.435 bits per heavy atom. The average Bonchev–Trinajstić information content (AvgIpc) is 3.02. The number of Topliss-reactive ketones (excluding diaryl/α,β-unsaturated/α-hetero) is 2. The highest BCUT2D eigenvalue weighted by Crippen LogP contribution is 2.19. The molecule has 0 fully saturated rings. The van der Waals surface area contributed by atoms with Gasteiger partial charge < -0.3 is 9.47 Å². The number of carbonyl (C=O) groups is 3. The summed E-state index contributed by atoms with van der Waals surface area (Å²) >= 11 is 0. The maximum atomic E-state index is 12.9. The molecule has 0 aliphatic carbocycles. The van der Waals surface area contributed by atoms with Gasteiger partial charge in [-0.05, 0) is 76.0 Å². The van der Waals surface area contributed by atoms with Crippen molar-refractivity contribution in [1.29, 1.82) is 0 Å². The van der Waals surface area contributed by atoms with E-state index in [0.717, 1.165) is 51.4 Å². The van der Waals surface area contributed by atoms with Crippen molar-refractivity contribution < 1.29 is 23.9 Å². The number of hydrogen-bond acceptors (Lipinski definition) is 5. The van der Waals surface area contributed by atoms with Crippen LogP contribution in [0.5, 0.6) is 0 Å². The summed E-state index contributed by atoms with van der Waals surface area (Å²) in [4.78, 5) is 38.5. The topological polar surface area (TPSA) is 69.7 Å². The summed E-state index contributed by atoms with van der Waals surface area (Å²) in [5.74, 6) is -0.424. The summed E-state index contributed by atoms with van der Waals surface area (Å²) in [6, 6.07) is 0. The Morgan fingerprint density at radius 2 is 0.717 bits per heavy atom. The van der Waals surface area contributed by atoms with Crippen molar-refractivity contribution in [3.05, 3.63) is 24.3 Å². The fourth-order valence-electron chi connectivity index (χ4n) is 5.70. The zero-order chi connectivity index (χ0) is 34.3. The van der Waals surface area contributed by atoms with Crippen LogP contribution in [-0.4, -0.2) is 29.9 Å². The number of ketones is 2. The quantitative estimate of drug-likeness (QED) is 0.0413. The molecule has 5 heteroatoms. The van der Waals surface area contributed by atoms with Gasteiger partial charge >= 0.3 is 6.16 Å². The van der Waals surface area contributed by atoms with E-state index in [1.54, 1.807) is 0 Å². The molecule has 0 aromatic heterocycles. The highest BCUT2D eigenvalue weighted by molar-refractivity contribution is 5.86. The van der Waals surface area contributed by atoms with E-state index in [4.69, 9.17) is 9.47 Å². The van der Waals surface area contributed by atoms with E-state index in [1.165, 1.54) is 89.9 Å². The summed E-state index contributed by atoms with van der Waals surface area (Å²) in [6.07, 6.45) is 33.2. The van der Waals surface area contributed by atoms with Gasteiger partial charge in [-0.25, -0.2) is 4.79 Å². The molecule has 0 radical (unpaired) electrons. The van der Waals surface area contributed by atoms with Crippen LogP contribution in [0.4, 0.5) is 4.79 Å². The molecule has 0 aromatic rings. The molecule has 0 aromatic carbocycles. The molecule has 0 aliphatic heterocycles. The second-order valence-corrected chi connectivity index (χ2v) is 14.0. The minimum atomic E-state index is -0.907. The molecule has 0 N–H and O–H groups in total. The van der Waals surface area contributed by atoms with E-state index in [-0.39, 0.29) is 23.4 Å². The van der Waals surface area contributed by atoms with Gasteiger partial charge in [0.15, 0.2) is 23.8 Å². The maximum absolute atomic E-state index is 12.9. The Morgan fingerprint density at radius 3 is 1.02 bits per heavy atom. The fourth-order valence-corrected chi connectivity index (χ4v) is 5.70. The number of rotatable bonds is 32.